The van der Waals surface area contributed by atoms with Crippen molar-refractivity contribution in [3.63, 3.8) is 0 Å². The first-order valence-electron chi connectivity index (χ1n) is 4.70. The molecule has 0 aliphatic carbocycles. The highest BCUT2D eigenvalue weighted by molar-refractivity contribution is 9.10. The zero-order valence-corrected chi connectivity index (χ0v) is 11.8. The van der Waals surface area contributed by atoms with Crippen molar-refractivity contribution in [2.45, 2.75) is 31.2 Å². The van der Waals surface area contributed by atoms with Crippen LogP contribution in [0.2, 0.25) is 0 Å². The molecule has 0 saturated carbocycles. The maximum absolute atomic E-state index is 5.17. The quantitative estimate of drug-likeness (QED) is 0.854. The maximum Gasteiger partial charge on any atom is 0.133 e. The summed E-state index contributed by atoms with van der Waals surface area (Å²) in [6, 6.07) is 6.03. The van der Waals surface area contributed by atoms with Crippen LogP contribution in [0.5, 0.6) is 5.75 Å². The average Bonchev–Trinajstić information content (AvgIpc) is 2.14. The van der Waals surface area contributed by atoms with Crippen LogP contribution in [-0.2, 0) is 0 Å². The highest BCUT2D eigenvalue weighted by Gasteiger charge is 2.10. The fraction of sp³-hybridized carbons (Fsp3) is 0.455. The number of hydrogen-bond donors (Lipinski definition) is 1. The summed E-state index contributed by atoms with van der Waals surface area (Å²) in [6.45, 7) is 6.41. The first kappa shape index (κ1) is 12.9. The molecule has 0 amide bonds. The van der Waals surface area contributed by atoms with Gasteiger partial charge in [-0.2, -0.15) is 0 Å². The molecule has 1 rings (SSSR count). The fourth-order valence-electron chi connectivity index (χ4n) is 0.923. The maximum atomic E-state index is 5.17. The van der Waals surface area contributed by atoms with Gasteiger partial charge in [0.15, 0.2) is 0 Å². The van der Waals surface area contributed by atoms with Crippen molar-refractivity contribution in [1.82, 2.24) is 4.72 Å². The van der Waals surface area contributed by atoms with Crippen molar-refractivity contribution < 1.29 is 4.74 Å². The molecule has 4 heteroatoms. The standard InChI is InChI=1S/C11H16BrNOS/c1-11(2,3)13-15-8-5-6-10(14-4)9(12)7-8/h5-7,13H,1-4H3. The number of methoxy groups -OCH3 is 1. The van der Waals surface area contributed by atoms with Gasteiger partial charge in [0.2, 0.25) is 0 Å². The summed E-state index contributed by atoms with van der Waals surface area (Å²) in [6.07, 6.45) is 0. The van der Waals surface area contributed by atoms with E-state index in [1.807, 2.05) is 18.2 Å². The molecule has 2 nitrogen and oxygen atoms in total. The topological polar surface area (TPSA) is 21.3 Å². The lowest BCUT2D eigenvalue weighted by atomic mass is 10.1. The average molecular weight is 290 g/mol. The van der Waals surface area contributed by atoms with Crippen molar-refractivity contribution in [2.75, 3.05) is 7.11 Å². The molecule has 0 radical (unpaired) electrons. The Morgan fingerprint density at radius 3 is 2.47 bits per heavy atom. The van der Waals surface area contributed by atoms with Crippen molar-refractivity contribution in [3.05, 3.63) is 22.7 Å². The molecule has 1 N–H and O–H groups in total. The van der Waals surface area contributed by atoms with E-state index in [1.54, 1.807) is 19.1 Å². The lowest BCUT2D eigenvalue weighted by Gasteiger charge is -2.19. The molecule has 0 aliphatic heterocycles. The minimum absolute atomic E-state index is 0.108. The van der Waals surface area contributed by atoms with E-state index in [2.05, 4.69) is 41.4 Å². The SMILES string of the molecule is COc1ccc(SNC(C)(C)C)cc1Br. The Morgan fingerprint density at radius 2 is 2.00 bits per heavy atom. The summed E-state index contributed by atoms with van der Waals surface area (Å²) in [5.41, 5.74) is 0.108. The number of halogens is 1. The van der Waals surface area contributed by atoms with Crippen LogP contribution in [0, 0.1) is 0 Å². The Hall–Kier alpha value is -0.190. The predicted molar refractivity (Wildman–Crippen MR) is 69.4 cm³/mol. The molecule has 0 bridgehead atoms. The van der Waals surface area contributed by atoms with E-state index in [1.165, 1.54) is 0 Å². The second-order valence-corrected chi connectivity index (χ2v) is 5.98. The molecule has 0 spiro atoms. The fourth-order valence-corrected chi connectivity index (χ4v) is 2.35. The van der Waals surface area contributed by atoms with E-state index >= 15 is 0 Å². The van der Waals surface area contributed by atoms with E-state index in [0.717, 1.165) is 15.1 Å². The predicted octanol–water partition coefficient (Wildman–Crippen LogP) is 3.85. The Labute approximate surface area is 104 Å². The first-order chi connectivity index (χ1) is 6.92. The van der Waals surface area contributed by atoms with Crippen LogP contribution >= 0.6 is 27.9 Å². The van der Waals surface area contributed by atoms with E-state index in [-0.39, 0.29) is 5.54 Å². The van der Waals surface area contributed by atoms with E-state index < -0.39 is 0 Å². The minimum Gasteiger partial charge on any atom is -0.496 e. The second kappa shape index (κ2) is 5.23. The molecule has 1 aromatic carbocycles. The third-order valence-electron chi connectivity index (χ3n) is 1.60. The highest BCUT2D eigenvalue weighted by atomic mass is 79.9. The molecule has 0 aliphatic rings. The summed E-state index contributed by atoms with van der Waals surface area (Å²) in [5.74, 6) is 0.857. The molecule has 15 heavy (non-hydrogen) atoms. The van der Waals surface area contributed by atoms with Crippen LogP contribution < -0.4 is 9.46 Å². The molecule has 0 saturated heterocycles. The molecular weight excluding hydrogens is 274 g/mol. The zero-order valence-electron chi connectivity index (χ0n) is 9.43. The Bertz CT molecular complexity index is 336. The van der Waals surface area contributed by atoms with Crippen molar-refractivity contribution in [3.8, 4) is 5.75 Å². The van der Waals surface area contributed by atoms with Gasteiger partial charge in [-0.25, -0.2) is 0 Å². The van der Waals surface area contributed by atoms with Gasteiger partial charge in [-0.1, -0.05) is 0 Å². The Balaban J connectivity index is 2.68. The lowest BCUT2D eigenvalue weighted by Crippen LogP contribution is -2.29. The van der Waals surface area contributed by atoms with Gasteiger partial charge in [-0.3, -0.25) is 4.72 Å². The van der Waals surface area contributed by atoms with Gasteiger partial charge in [0.1, 0.15) is 5.75 Å². The Morgan fingerprint density at radius 1 is 1.33 bits per heavy atom. The van der Waals surface area contributed by atoms with E-state index in [0.29, 0.717) is 0 Å². The van der Waals surface area contributed by atoms with Gasteiger partial charge in [0, 0.05) is 10.4 Å². The highest BCUT2D eigenvalue weighted by Crippen LogP contribution is 2.29. The second-order valence-electron chi connectivity index (χ2n) is 4.25. The summed E-state index contributed by atoms with van der Waals surface area (Å²) < 4.78 is 9.50. The van der Waals surface area contributed by atoms with Gasteiger partial charge in [0.25, 0.3) is 0 Å². The lowest BCUT2D eigenvalue weighted by molar-refractivity contribution is 0.412. The van der Waals surface area contributed by atoms with Crippen LogP contribution in [0.15, 0.2) is 27.6 Å². The molecule has 0 heterocycles. The van der Waals surface area contributed by atoms with Crippen LogP contribution in [0.25, 0.3) is 0 Å². The summed E-state index contributed by atoms with van der Waals surface area (Å²) in [5, 5.41) is 0. The molecular formula is C11H16BrNOS. The van der Waals surface area contributed by atoms with Gasteiger partial charge >= 0.3 is 0 Å². The van der Waals surface area contributed by atoms with Crippen LogP contribution in [-0.4, -0.2) is 12.6 Å². The smallest absolute Gasteiger partial charge is 0.133 e. The van der Waals surface area contributed by atoms with Crippen molar-refractivity contribution in [2.24, 2.45) is 0 Å². The third-order valence-corrected chi connectivity index (χ3v) is 3.42. The van der Waals surface area contributed by atoms with Crippen LogP contribution in [0.3, 0.4) is 0 Å². The van der Waals surface area contributed by atoms with Crippen molar-refractivity contribution >= 4 is 27.9 Å². The summed E-state index contributed by atoms with van der Waals surface area (Å²) in [7, 11) is 1.67. The van der Waals surface area contributed by atoms with Gasteiger partial charge < -0.3 is 4.74 Å². The van der Waals surface area contributed by atoms with Crippen LogP contribution in [0.4, 0.5) is 0 Å². The van der Waals surface area contributed by atoms with Crippen LogP contribution in [0.1, 0.15) is 20.8 Å². The molecule has 0 atom stereocenters. The molecule has 0 aromatic heterocycles. The van der Waals surface area contributed by atoms with E-state index in [9.17, 15) is 0 Å². The number of ether oxygens (including phenoxy) is 1. The molecule has 0 fully saturated rings. The molecule has 1 aromatic rings. The number of hydrogen-bond acceptors (Lipinski definition) is 3. The number of benzene rings is 1. The van der Waals surface area contributed by atoms with Gasteiger partial charge in [-0.05, 0) is 66.8 Å². The third kappa shape index (κ3) is 4.45. The summed E-state index contributed by atoms with van der Waals surface area (Å²) in [4.78, 5) is 1.16. The molecule has 0 unspecified atom stereocenters. The largest absolute Gasteiger partial charge is 0.496 e. The Kier molecular flexibility index (Phi) is 4.49. The van der Waals surface area contributed by atoms with Gasteiger partial charge in [0.05, 0.1) is 11.6 Å². The summed E-state index contributed by atoms with van der Waals surface area (Å²) >= 11 is 5.09. The first-order valence-corrected chi connectivity index (χ1v) is 6.31. The minimum atomic E-state index is 0.108. The number of rotatable bonds is 3. The monoisotopic (exact) mass is 289 g/mol. The number of nitrogens with one attached hydrogen (secondary N) is 1. The zero-order chi connectivity index (χ0) is 11.5. The molecule has 84 valence electrons. The normalized spacial score (nSPS) is 11.5. The van der Waals surface area contributed by atoms with Crippen molar-refractivity contribution in [1.29, 1.82) is 0 Å². The van der Waals surface area contributed by atoms with E-state index in [4.69, 9.17) is 4.74 Å². The van der Waals surface area contributed by atoms with Gasteiger partial charge in [-0.15, -0.1) is 0 Å².